The highest BCUT2D eigenvalue weighted by Gasteiger charge is 2.30. The van der Waals surface area contributed by atoms with E-state index in [-0.39, 0.29) is 23.2 Å². The number of thioether (sulfide) groups is 1. The monoisotopic (exact) mass is 351 g/mol. The summed E-state index contributed by atoms with van der Waals surface area (Å²) in [5.74, 6) is -2.37. The summed E-state index contributed by atoms with van der Waals surface area (Å²) in [5.41, 5.74) is 0.443. The van der Waals surface area contributed by atoms with Crippen LogP contribution in [-0.2, 0) is 14.4 Å². The van der Waals surface area contributed by atoms with Gasteiger partial charge in [0.25, 0.3) is 0 Å². The third-order valence-electron chi connectivity index (χ3n) is 3.30. The van der Waals surface area contributed by atoms with Crippen molar-refractivity contribution < 1.29 is 24.3 Å². The van der Waals surface area contributed by atoms with Crippen molar-refractivity contribution in [2.45, 2.75) is 38.5 Å². The Hall–Kier alpha value is -2.15. The summed E-state index contributed by atoms with van der Waals surface area (Å²) in [5, 5.41) is 10.3. The van der Waals surface area contributed by atoms with E-state index >= 15 is 0 Å². The van der Waals surface area contributed by atoms with Gasteiger partial charge in [0.1, 0.15) is 6.04 Å². The van der Waals surface area contributed by atoms with Crippen LogP contribution in [0, 0.1) is 5.92 Å². The smallest absolute Gasteiger partial charge is 0.326 e. The molecule has 0 aliphatic rings. The van der Waals surface area contributed by atoms with Crippen LogP contribution < -0.4 is 5.32 Å². The summed E-state index contributed by atoms with van der Waals surface area (Å²) in [6.45, 7) is 4.64. The fourth-order valence-corrected chi connectivity index (χ4v) is 2.87. The number of carboxylic acid groups (broad SMARTS) is 1. The molecule has 0 heterocycles. The molecule has 0 aliphatic carbocycles. The Morgan fingerprint density at radius 3 is 2.17 bits per heavy atom. The third kappa shape index (κ3) is 6.16. The van der Waals surface area contributed by atoms with E-state index in [4.69, 9.17) is 5.11 Å². The molecule has 0 spiro atoms. The van der Waals surface area contributed by atoms with Gasteiger partial charge in [-0.15, -0.1) is 0 Å². The summed E-state index contributed by atoms with van der Waals surface area (Å²) < 4.78 is 0. The number of nitrogens with one attached hydrogen (secondary N) is 1. The van der Waals surface area contributed by atoms with Gasteiger partial charge in [-0.2, -0.15) is 0 Å². The molecular formula is C17H21NO5S. The lowest BCUT2D eigenvalue weighted by Gasteiger charge is -2.21. The maximum absolute atomic E-state index is 12.4. The van der Waals surface area contributed by atoms with Gasteiger partial charge in [0.15, 0.2) is 10.9 Å². The first-order valence-corrected chi connectivity index (χ1v) is 8.39. The van der Waals surface area contributed by atoms with Crippen molar-refractivity contribution in [1.29, 1.82) is 0 Å². The van der Waals surface area contributed by atoms with Crippen molar-refractivity contribution in [2.24, 2.45) is 5.92 Å². The van der Waals surface area contributed by atoms with Crippen LogP contribution in [0.25, 0.3) is 0 Å². The number of carbonyl (C=O) groups is 4. The van der Waals surface area contributed by atoms with Crippen LogP contribution in [0.3, 0.4) is 0 Å². The number of hydrogen-bond acceptors (Lipinski definition) is 5. The molecule has 130 valence electrons. The van der Waals surface area contributed by atoms with Gasteiger partial charge in [-0.05, 0) is 5.92 Å². The molecule has 2 atom stereocenters. The van der Waals surface area contributed by atoms with Crippen LogP contribution >= 0.6 is 11.8 Å². The summed E-state index contributed by atoms with van der Waals surface area (Å²) >= 11 is 0.731. The number of carboxylic acids is 1. The van der Waals surface area contributed by atoms with E-state index in [0.29, 0.717) is 5.56 Å². The predicted octanol–water partition coefficient (Wildman–Crippen LogP) is 2.13. The maximum Gasteiger partial charge on any atom is 0.326 e. The first-order chi connectivity index (χ1) is 11.2. The Bertz CT molecular complexity index is 615. The van der Waals surface area contributed by atoms with Crippen molar-refractivity contribution in [3.63, 3.8) is 0 Å². The average Bonchev–Trinajstić information content (AvgIpc) is 2.51. The van der Waals surface area contributed by atoms with E-state index in [0.717, 1.165) is 11.8 Å². The Morgan fingerprint density at radius 1 is 1.12 bits per heavy atom. The van der Waals surface area contributed by atoms with Crippen LogP contribution in [0.1, 0.15) is 37.6 Å². The number of Topliss-reactive ketones (excluding diaryl/α,β-unsaturated/α-hetero) is 1. The molecule has 1 amide bonds. The Labute approximate surface area is 145 Å². The Balaban J connectivity index is 2.88. The minimum Gasteiger partial charge on any atom is -0.480 e. The molecule has 7 heteroatoms. The number of aliphatic carboxylic acids is 1. The van der Waals surface area contributed by atoms with Crippen LogP contribution in [0.15, 0.2) is 30.3 Å². The van der Waals surface area contributed by atoms with E-state index in [2.05, 4.69) is 5.32 Å². The highest BCUT2D eigenvalue weighted by Crippen LogP contribution is 2.19. The molecule has 1 rings (SSSR count). The topological polar surface area (TPSA) is 101 Å². The second kappa shape index (κ2) is 9.22. The van der Waals surface area contributed by atoms with Gasteiger partial charge >= 0.3 is 5.97 Å². The Morgan fingerprint density at radius 2 is 1.71 bits per heavy atom. The fourth-order valence-electron chi connectivity index (χ4n) is 2.06. The van der Waals surface area contributed by atoms with Gasteiger partial charge in [0.2, 0.25) is 5.91 Å². The second-order valence-electron chi connectivity index (χ2n) is 5.66. The minimum absolute atomic E-state index is 0.176. The quantitative estimate of drug-likeness (QED) is 0.696. The molecule has 1 unspecified atom stereocenters. The summed E-state index contributed by atoms with van der Waals surface area (Å²) in [4.78, 5) is 47.2. The lowest BCUT2D eigenvalue weighted by molar-refractivity contribution is -0.143. The predicted molar refractivity (Wildman–Crippen MR) is 91.9 cm³/mol. The third-order valence-corrected chi connectivity index (χ3v) is 4.29. The molecule has 0 aromatic heterocycles. The molecule has 1 aromatic rings. The van der Waals surface area contributed by atoms with Crippen LogP contribution in [0.4, 0.5) is 0 Å². The van der Waals surface area contributed by atoms with Crippen molar-refractivity contribution in [2.75, 3.05) is 0 Å². The molecule has 0 fully saturated rings. The van der Waals surface area contributed by atoms with Crippen molar-refractivity contribution in [3.8, 4) is 0 Å². The Kier molecular flexibility index (Phi) is 7.64. The molecule has 0 saturated carbocycles. The molecule has 24 heavy (non-hydrogen) atoms. The number of carbonyl (C=O) groups excluding carboxylic acids is 3. The van der Waals surface area contributed by atoms with E-state index in [1.165, 1.54) is 6.92 Å². The highest BCUT2D eigenvalue weighted by molar-refractivity contribution is 8.14. The molecule has 0 aliphatic heterocycles. The van der Waals surface area contributed by atoms with E-state index in [9.17, 15) is 19.2 Å². The van der Waals surface area contributed by atoms with Crippen molar-refractivity contribution in [1.82, 2.24) is 5.32 Å². The van der Waals surface area contributed by atoms with Crippen molar-refractivity contribution >= 4 is 34.5 Å². The van der Waals surface area contributed by atoms with Gasteiger partial charge in [0.05, 0.1) is 5.25 Å². The van der Waals surface area contributed by atoms with Crippen LogP contribution in [0.5, 0.6) is 0 Å². The first kappa shape index (κ1) is 19.9. The molecule has 6 nitrogen and oxygen atoms in total. The van der Waals surface area contributed by atoms with Gasteiger partial charge < -0.3 is 10.4 Å². The highest BCUT2D eigenvalue weighted by atomic mass is 32.2. The van der Waals surface area contributed by atoms with Crippen LogP contribution in [-0.4, -0.2) is 39.2 Å². The van der Waals surface area contributed by atoms with E-state index in [1.807, 2.05) is 0 Å². The first-order valence-electron chi connectivity index (χ1n) is 7.51. The number of hydrogen-bond donors (Lipinski definition) is 2. The maximum atomic E-state index is 12.4. The number of benzene rings is 1. The lowest BCUT2D eigenvalue weighted by Crippen LogP contribution is -2.48. The average molecular weight is 351 g/mol. The molecular weight excluding hydrogens is 330 g/mol. The SMILES string of the molecule is CC(=O)SC(CC(=O)c1ccccc1)C(=O)N[C@H](C(=O)O)C(C)C. The zero-order valence-corrected chi connectivity index (χ0v) is 14.6. The van der Waals surface area contributed by atoms with Gasteiger partial charge in [0, 0.05) is 18.9 Å². The summed E-state index contributed by atoms with van der Waals surface area (Å²) in [6, 6.07) is 7.37. The molecule has 0 saturated heterocycles. The fraction of sp³-hybridized carbons (Fsp3) is 0.412. The van der Waals surface area contributed by atoms with Crippen LogP contribution in [0.2, 0.25) is 0 Å². The van der Waals surface area contributed by atoms with Gasteiger partial charge in [-0.1, -0.05) is 55.9 Å². The second-order valence-corrected chi connectivity index (χ2v) is 7.04. The number of amides is 1. The standard InChI is InChI=1S/C17H21NO5S/c1-10(2)15(17(22)23)18-16(21)14(24-11(3)19)9-13(20)12-7-5-4-6-8-12/h4-8,10,14-15H,9H2,1-3H3,(H,18,21)(H,22,23)/t14?,15-/m0/s1. The lowest BCUT2D eigenvalue weighted by atomic mass is 10.0. The molecule has 1 aromatic carbocycles. The molecule has 0 bridgehead atoms. The number of ketones is 1. The summed E-state index contributed by atoms with van der Waals surface area (Å²) in [7, 11) is 0. The zero-order valence-electron chi connectivity index (χ0n) is 13.8. The normalized spacial score (nSPS) is 13.2. The van der Waals surface area contributed by atoms with E-state index in [1.54, 1.807) is 44.2 Å². The zero-order chi connectivity index (χ0) is 18.3. The van der Waals surface area contributed by atoms with E-state index < -0.39 is 23.2 Å². The van der Waals surface area contributed by atoms with Gasteiger partial charge in [-0.25, -0.2) is 4.79 Å². The minimum atomic E-state index is -1.15. The molecule has 0 radical (unpaired) electrons. The van der Waals surface area contributed by atoms with Crippen molar-refractivity contribution in [3.05, 3.63) is 35.9 Å². The number of rotatable bonds is 8. The molecule has 2 N–H and O–H groups in total. The van der Waals surface area contributed by atoms with Gasteiger partial charge in [-0.3, -0.25) is 14.4 Å². The largest absolute Gasteiger partial charge is 0.480 e. The summed E-state index contributed by atoms with van der Waals surface area (Å²) in [6.07, 6.45) is -0.176.